The average molecular weight is 371 g/mol. The van der Waals surface area contributed by atoms with Crippen molar-refractivity contribution in [2.24, 2.45) is 0 Å². The number of nitrogen functional groups attached to an aromatic ring is 1. The van der Waals surface area contributed by atoms with E-state index in [4.69, 9.17) is 5.73 Å². The Bertz CT molecular complexity index is 812. The van der Waals surface area contributed by atoms with Crippen LogP contribution in [0.25, 0.3) is 0 Å². The smallest absolute Gasteiger partial charge is 0.238 e. The van der Waals surface area contributed by atoms with Crippen LogP contribution in [-0.4, -0.2) is 53.4 Å². The maximum atomic E-state index is 12.6. The molecule has 2 aromatic rings. The molecule has 0 fully saturated rings. The van der Waals surface area contributed by atoms with Gasteiger partial charge in [0.25, 0.3) is 0 Å². The summed E-state index contributed by atoms with van der Waals surface area (Å²) in [5, 5.41) is 3.02. The number of nitrogens with one attached hydrogen (secondary N) is 1. The normalized spacial score (nSPS) is 12.1. The van der Waals surface area contributed by atoms with Crippen molar-refractivity contribution in [1.29, 1.82) is 0 Å². The fourth-order valence-corrected chi connectivity index (χ4v) is 2.90. The molecular weight excluding hydrogens is 342 g/mol. The number of hydrogen-bond acceptors (Lipinski definition) is 7. The highest BCUT2D eigenvalue weighted by atomic mass is 16.2. The van der Waals surface area contributed by atoms with Crippen molar-refractivity contribution in [1.82, 2.24) is 19.9 Å². The molecule has 1 atom stereocenters. The Morgan fingerprint density at radius 1 is 1.11 bits per heavy atom. The zero-order chi connectivity index (χ0) is 20.3. The lowest BCUT2D eigenvalue weighted by Crippen LogP contribution is -2.33. The standard InChI is InChI=1S/C19H29N7O/c1-11-8-12(2)16(13(3)9-11)21-15(27)10-26(7)14(4)17-22-18(20)24-19(23-17)25(5)6/h8-9,14H,10H2,1-7H3,(H,21,27)(H2,20,22,23,24). The van der Waals surface area contributed by atoms with Gasteiger partial charge >= 0.3 is 0 Å². The van der Waals surface area contributed by atoms with Gasteiger partial charge in [-0.3, -0.25) is 9.69 Å². The molecule has 27 heavy (non-hydrogen) atoms. The van der Waals surface area contributed by atoms with Gasteiger partial charge in [-0.15, -0.1) is 0 Å². The Morgan fingerprint density at radius 3 is 2.26 bits per heavy atom. The van der Waals surface area contributed by atoms with Crippen LogP contribution < -0.4 is 16.0 Å². The van der Waals surface area contributed by atoms with Crippen LogP contribution in [0.2, 0.25) is 0 Å². The number of hydrogen-bond donors (Lipinski definition) is 2. The summed E-state index contributed by atoms with van der Waals surface area (Å²) < 4.78 is 0. The predicted octanol–water partition coefficient (Wildman–Crippen LogP) is 2.08. The van der Waals surface area contributed by atoms with Crippen molar-refractivity contribution >= 4 is 23.5 Å². The zero-order valence-corrected chi connectivity index (χ0v) is 17.2. The maximum Gasteiger partial charge on any atom is 0.238 e. The van der Waals surface area contributed by atoms with E-state index in [-0.39, 0.29) is 24.4 Å². The van der Waals surface area contributed by atoms with Crippen LogP contribution in [0.5, 0.6) is 0 Å². The van der Waals surface area contributed by atoms with E-state index in [1.807, 2.05) is 53.7 Å². The van der Waals surface area contributed by atoms with Gasteiger partial charge in [-0.25, -0.2) is 0 Å². The van der Waals surface area contributed by atoms with E-state index in [0.29, 0.717) is 11.8 Å². The molecule has 0 aliphatic carbocycles. The Kier molecular flexibility index (Phi) is 6.32. The molecule has 0 saturated carbocycles. The number of nitrogens with zero attached hydrogens (tertiary/aromatic N) is 5. The number of aryl methyl sites for hydroxylation is 3. The highest BCUT2D eigenvalue weighted by molar-refractivity contribution is 5.93. The summed E-state index contributed by atoms with van der Waals surface area (Å²) in [6.07, 6.45) is 0. The molecule has 3 N–H and O–H groups in total. The molecule has 2 rings (SSSR count). The Morgan fingerprint density at radius 2 is 1.70 bits per heavy atom. The third kappa shape index (κ3) is 5.13. The van der Waals surface area contributed by atoms with Gasteiger partial charge in [0.15, 0.2) is 5.82 Å². The lowest BCUT2D eigenvalue weighted by atomic mass is 10.1. The number of anilines is 3. The number of amides is 1. The second-order valence-corrected chi connectivity index (χ2v) is 7.16. The lowest BCUT2D eigenvalue weighted by Gasteiger charge is -2.24. The number of aromatic nitrogens is 3. The second kappa shape index (κ2) is 8.30. The third-order valence-electron chi connectivity index (χ3n) is 4.43. The van der Waals surface area contributed by atoms with E-state index >= 15 is 0 Å². The molecule has 0 saturated heterocycles. The Labute approximate surface area is 160 Å². The van der Waals surface area contributed by atoms with Gasteiger partial charge in [0.1, 0.15) is 0 Å². The minimum atomic E-state index is -0.194. The number of likely N-dealkylation sites (N-methyl/N-ethyl adjacent to an activating group) is 1. The van der Waals surface area contributed by atoms with E-state index < -0.39 is 0 Å². The molecule has 1 aromatic heterocycles. The second-order valence-electron chi connectivity index (χ2n) is 7.16. The highest BCUT2D eigenvalue weighted by Gasteiger charge is 2.20. The fourth-order valence-electron chi connectivity index (χ4n) is 2.90. The largest absolute Gasteiger partial charge is 0.368 e. The van der Waals surface area contributed by atoms with Crippen LogP contribution in [0, 0.1) is 20.8 Å². The van der Waals surface area contributed by atoms with Crippen molar-refractivity contribution in [2.75, 3.05) is 43.6 Å². The molecule has 1 heterocycles. The van der Waals surface area contributed by atoms with Crippen LogP contribution in [0.4, 0.5) is 17.6 Å². The molecule has 1 unspecified atom stereocenters. The van der Waals surface area contributed by atoms with Gasteiger partial charge in [-0.1, -0.05) is 17.7 Å². The van der Waals surface area contributed by atoms with Crippen molar-refractivity contribution in [2.45, 2.75) is 33.7 Å². The topological polar surface area (TPSA) is 100 Å². The highest BCUT2D eigenvalue weighted by Crippen LogP contribution is 2.22. The summed E-state index contributed by atoms with van der Waals surface area (Å²) >= 11 is 0. The first kappa shape index (κ1) is 20.6. The van der Waals surface area contributed by atoms with Crippen LogP contribution in [-0.2, 0) is 4.79 Å². The van der Waals surface area contributed by atoms with Gasteiger partial charge < -0.3 is 16.0 Å². The van der Waals surface area contributed by atoms with Gasteiger partial charge in [-0.05, 0) is 45.9 Å². The number of benzene rings is 1. The minimum Gasteiger partial charge on any atom is -0.368 e. The monoisotopic (exact) mass is 371 g/mol. The van der Waals surface area contributed by atoms with Crippen molar-refractivity contribution in [3.8, 4) is 0 Å². The molecule has 0 radical (unpaired) electrons. The fraction of sp³-hybridized carbons (Fsp3) is 0.474. The molecular formula is C19H29N7O. The van der Waals surface area contributed by atoms with E-state index in [1.54, 1.807) is 4.90 Å². The lowest BCUT2D eigenvalue weighted by molar-refractivity contribution is -0.117. The quantitative estimate of drug-likeness (QED) is 0.802. The summed E-state index contributed by atoms with van der Waals surface area (Å²) in [6, 6.07) is 3.93. The van der Waals surface area contributed by atoms with Crippen molar-refractivity contribution < 1.29 is 4.79 Å². The molecule has 8 nitrogen and oxygen atoms in total. The van der Waals surface area contributed by atoms with E-state index in [0.717, 1.165) is 16.8 Å². The van der Waals surface area contributed by atoms with Crippen LogP contribution >= 0.6 is 0 Å². The zero-order valence-electron chi connectivity index (χ0n) is 17.2. The predicted molar refractivity (Wildman–Crippen MR) is 109 cm³/mol. The molecule has 0 aliphatic rings. The van der Waals surface area contributed by atoms with Crippen LogP contribution in [0.3, 0.4) is 0 Å². The first-order chi connectivity index (χ1) is 12.6. The van der Waals surface area contributed by atoms with Crippen LogP contribution in [0.15, 0.2) is 12.1 Å². The van der Waals surface area contributed by atoms with E-state index in [9.17, 15) is 4.79 Å². The van der Waals surface area contributed by atoms with Crippen LogP contribution in [0.1, 0.15) is 35.5 Å². The van der Waals surface area contributed by atoms with Gasteiger partial charge in [-0.2, -0.15) is 15.0 Å². The number of carbonyl (C=O) groups excluding carboxylic acids is 1. The average Bonchev–Trinajstić information content (AvgIpc) is 2.56. The first-order valence-corrected chi connectivity index (χ1v) is 8.85. The van der Waals surface area contributed by atoms with Crippen molar-refractivity contribution in [3.05, 3.63) is 34.6 Å². The summed E-state index contributed by atoms with van der Waals surface area (Å²) in [5.41, 5.74) is 9.95. The van der Waals surface area contributed by atoms with Crippen molar-refractivity contribution in [3.63, 3.8) is 0 Å². The van der Waals surface area contributed by atoms with Gasteiger partial charge in [0.2, 0.25) is 17.8 Å². The first-order valence-electron chi connectivity index (χ1n) is 8.85. The summed E-state index contributed by atoms with van der Waals surface area (Å²) in [6.45, 7) is 8.18. The molecule has 0 aliphatic heterocycles. The van der Waals surface area contributed by atoms with E-state index in [2.05, 4.69) is 32.4 Å². The van der Waals surface area contributed by atoms with Gasteiger partial charge in [0.05, 0.1) is 12.6 Å². The number of rotatable bonds is 6. The van der Waals surface area contributed by atoms with E-state index in [1.165, 1.54) is 5.56 Å². The number of carbonyl (C=O) groups is 1. The third-order valence-corrected chi connectivity index (χ3v) is 4.43. The Hall–Kier alpha value is -2.74. The molecule has 0 bridgehead atoms. The summed E-state index contributed by atoms with van der Waals surface area (Å²) in [4.78, 5) is 29.0. The SMILES string of the molecule is Cc1cc(C)c(NC(=O)CN(C)C(C)c2nc(N)nc(N(C)C)n2)c(C)c1. The summed E-state index contributed by atoms with van der Waals surface area (Å²) in [7, 11) is 5.54. The summed E-state index contributed by atoms with van der Waals surface area (Å²) in [5.74, 6) is 1.10. The molecule has 8 heteroatoms. The number of nitrogens with two attached hydrogens (primary N) is 1. The minimum absolute atomic E-state index is 0.0886. The maximum absolute atomic E-state index is 12.6. The Balaban J connectivity index is 2.10. The molecule has 1 amide bonds. The van der Waals surface area contributed by atoms with Gasteiger partial charge in [0, 0.05) is 19.8 Å². The molecule has 1 aromatic carbocycles. The molecule has 0 spiro atoms. The molecule has 146 valence electrons.